The predicted octanol–water partition coefficient (Wildman–Crippen LogP) is 3.71. The SMILES string of the molecule is COC1SC2=C(S1)c1ccccc1CC2. The van der Waals surface area contributed by atoms with Gasteiger partial charge in [0, 0.05) is 16.9 Å². The van der Waals surface area contributed by atoms with Crippen LogP contribution in [0.5, 0.6) is 0 Å². The molecule has 1 atom stereocenters. The Kier molecular flexibility index (Phi) is 2.54. The van der Waals surface area contributed by atoms with E-state index in [1.165, 1.54) is 33.8 Å². The van der Waals surface area contributed by atoms with Crippen molar-refractivity contribution in [3.8, 4) is 0 Å². The molecule has 1 unspecified atom stereocenters. The topological polar surface area (TPSA) is 9.23 Å². The Morgan fingerprint density at radius 2 is 2.07 bits per heavy atom. The number of ether oxygens (including phenoxy) is 1. The van der Waals surface area contributed by atoms with Gasteiger partial charge in [-0.15, -0.1) is 0 Å². The second-order valence-electron chi connectivity index (χ2n) is 3.67. The third-order valence-electron chi connectivity index (χ3n) is 2.78. The highest BCUT2D eigenvalue weighted by molar-refractivity contribution is 8.26. The molecule has 3 rings (SSSR count). The Labute approximate surface area is 98.3 Å². The third kappa shape index (κ3) is 1.63. The van der Waals surface area contributed by atoms with Crippen molar-refractivity contribution in [2.45, 2.75) is 17.6 Å². The van der Waals surface area contributed by atoms with Crippen LogP contribution in [0.3, 0.4) is 0 Å². The van der Waals surface area contributed by atoms with Crippen LogP contribution in [0.1, 0.15) is 17.5 Å². The van der Waals surface area contributed by atoms with Gasteiger partial charge in [-0.25, -0.2) is 0 Å². The summed E-state index contributed by atoms with van der Waals surface area (Å²) in [6, 6.07) is 8.73. The van der Waals surface area contributed by atoms with Gasteiger partial charge in [-0.3, -0.25) is 0 Å². The zero-order valence-electron chi connectivity index (χ0n) is 8.53. The van der Waals surface area contributed by atoms with Crippen molar-refractivity contribution in [2.75, 3.05) is 7.11 Å². The van der Waals surface area contributed by atoms with Gasteiger partial charge >= 0.3 is 0 Å². The highest BCUT2D eigenvalue weighted by atomic mass is 32.2. The number of thioether (sulfide) groups is 2. The van der Waals surface area contributed by atoms with Gasteiger partial charge in [0.2, 0.25) is 0 Å². The molecule has 1 aromatic carbocycles. The maximum atomic E-state index is 5.40. The van der Waals surface area contributed by atoms with E-state index in [0.717, 1.165) is 0 Å². The standard InChI is InChI=1S/C12H12OS2/c1-13-12-14-10-7-6-8-4-2-3-5-9(8)11(10)15-12/h2-5,12H,6-7H2,1H3. The first kappa shape index (κ1) is 9.82. The molecule has 0 amide bonds. The monoisotopic (exact) mass is 236 g/mol. The summed E-state index contributed by atoms with van der Waals surface area (Å²) in [5.41, 5.74) is 2.91. The molecule has 1 aromatic rings. The molecule has 0 saturated carbocycles. The lowest BCUT2D eigenvalue weighted by Gasteiger charge is -2.16. The molecular weight excluding hydrogens is 224 g/mol. The van der Waals surface area contributed by atoms with Crippen molar-refractivity contribution in [3.05, 3.63) is 40.3 Å². The lowest BCUT2D eigenvalue weighted by molar-refractivity contribution is 0.236. The van der Waals surface area contributed by atoms with Gasteiger partial charge in [-0.2, -0.15) is 0 Å². The van der Waals surface area contributed by atoms with Gasteiger partial charge < -0.3 is 4.74 Å². The normalized spacial score (nSPS) is 23.9. The van der Waals surface area contributed by atoms with Gasteiger partial charge in [-0.05, 0) is 24.0 Å². The molecule has 0 saturated heterocycles. The molecule has 0 radical (unpaired) electrons. The molecule has 15 heavy (non-hydrogen) atoms. The van der Waals surface area contributed by atoms with E-state index in [-0.39, 0.29) is 4.77 Å². The van der Waals surface area contributed by atoms with E-state index in [1.807, 2.05) is 23.5 Å². The van der Waals surface area contributed by atoms with Crippen molar-refractivity contribution in [1.29, 1.82) is 0 Å². The number of aryl methyl sites for hydroxylation is 1. The van der Waals surface area contributed by atoms with Crippen molar-refractivity contribution < 1.29 is 4.74 Å². The zero-order valence-corrected chi connectivity index (χ0v) is 10.2. The number of hydrogen-bond donors (Lipinski definition) is 0. The molecule has 1 aliphatic heterocycles. The smallest absolute Gasteiger partial charge is 0.157 e. The summed E-state index contributed by atoms with van der Waals surface area (Å²) in [4.78, 5) is 2.97. The summed E-state index contributed by atoms with van der Waals surface area (Å²) in [6.45, 7) is 0. The minimum atomic E-state index is 0.265. The molecule has 0 spiro atoms. The fraction of sp³-hybridized carbons (Fsp3) is 0.333. The number of allylic oxidation sites excluding steroid dienone is 1. The van der Waals surface area contributed by atoms with Gasteiger partial charge in [0.15, 0.2) is 4.77 Å². The molecule has 1 nitrogen and oxygen atoms in total. The fourth-order valence-corrected chi connectivity index (χ4v) is 4.78. The first-order chi connectivity index (χ1) is 7.38. The van der Waals surface area contributed by atoms with E-state index in [0.29, 0.717) is 0 Å². The fourth-order valence-electron chi connectivity index (χ4n) is 2.05. The first-order valence-corrected chi connectivity index (χ1v) is 6.82. The molecule has 1 aliphatic carbocycles. The second kappa shape index (κ2) is 3.89. The Hall–Kier alpha value is -0.380. The summed E-state index contributed by atoms with van der Waals surface area (Å²) in [5, 5.41) is 0. The van der Waals surface area contributed by atoms with E-state index in [2.05, 4.69) is 24.3 Å². The molecule has 2 aliphatic rings. The minimum absolute atomic E-state index is 0.265. The van der Waals surface area contributed by atoms with Crippen LogP contribution in [0.25, 0.3) is 4.91 Å². The van der Waals surface area contributed by atoms with Gasteiger partial charge in [0.25, 0.3) is 0 Å². The zero-order chi connectivity index (χ0) is 10.3. The Morgan fingerprint density at radius 1 is 1.20 bits per heavy atom. The highest BCUT2D eigenvalue weighted by Crippen LogP contribution is 2.54. The van der Waals surface area contributed by atoms with Crippen LogP contribution in [0.4, 0.5) is 0 Å². The molecule has 78 valence electrons. The van der Waals surface area contributed by atoms with Gasteiger partial charge in [-0.1, -0.05) is 47.8 Å². The summed E-state index contributed by atoms with van der Waals surface area (Å²) in [5.74, 6) is 0. The lowest BCUT2D eigenvalue weighted by Crippen LogP contribution is -1.98. The van der Waals surface area contributed by atoms with Crippen molar-refractivity contribution in [1.82, 2.24) is 0 Å². The van der Waals surface area contributed by atoms with Crippen LogP contribution in [0.2, 0.25) is 0 Å². The minimum Gasteiger partial charge on any atom is -0.360 e. The molecule has 1 heterocycles. The molecule has 0 N–H and O–H groups in total. The average molecular weight is 236 g/mol. The molecule has 0 aromatic heterocycles. The third-order valence-corrected chi connectivity index (χ3v) is 5.65. The quantitative estimate of drug-likeness (QED) is 0.735. The molecule has 0 fully saturated rings. The van der Waals surface area contributed by atoms with Crippen LogP contribution in [-0.4, -0.2) is 11.9 Å². The summed E-state index contributed by atoms with van der Waals surface area (Å²) in [6.07, 6.45) is 2.36. The van der Waals surface area contributed by atoms with Crippen molar-refractivity contribution in [2.24, 2.45) is 0 Å². The average Bonchev–Trinajstić information content (AvgIpc) is 2.72. The van der Waals surface area contributed by atoms with Gasteiger partial charge in [0.05, 0.1) is 0 Å². The molecule has 3 heteroatoms. The first-order valence-electron chi connectivity index (χ1n) is 5.06. The summed E-state index contributed by atoms with van der Waals surface area (Å²) in [7, 11) is 1.79. The Morgan fingerprint density at radius 3 is 2.93 bits per heavy atom. The number of fused-ring (bicyclic) bond motifs is 2. The van der Waals surface area contributed by atoms with E-state index in [1.54, 1.807) is 7.11 Å². The van der Waals surface area contributed by atoms with Crippen LogP contribution in [0, 0.1) is 0 Å². The maximum absolute atomic E-state index is 5.40. The van der Waals surface area contributed by atoms with Crippen LogP contribution < -0.4 is 0 Å². The molecular formula is C12H12OS2. The van der Waals surface area contributed by atoms with E-state index >= 15 is 0 Å². The summed E-state index contributed by atoms with van der Waals surface area (Å²) >= 11 is 3.74. The highest BCUT2D eigenvalue weighted by Gasteiger charge is 2.30. The number of hydrogen-bond acceptors (Lipinski definition) is 3. The number of rotatable bonds is 1. The predicted molar refractivity (Wildman–Crippen MR) is 67.7 cm³/mol. The summed E-state index contributed by atoms with van der Waals surface area (Å²) < 4.78 is 5.67. The van der Waals surface area contributed by atoms with Crippen LogP contribution in [-0.2, 0) is 11.2 Å². The number of methoxy groups -OCH3 is 1. The van der Waals surface area contributed by atoms with E-state index < -0.39 is 0 Å². The van der Waals surface area contributed by atoms with E-state index in [4.69, 9.17) is 4.74 Å². The van der Waals surface area contributed by atoms with E-state index in [9.17, 15) is 0 Å². The number of benzene rings is 1. The Balaban J connectivity index is 2.01. The van der Waals surface area contributed by atoms with Crippen LogP contribution >= 0.6 is 23.5 Å². The van der Waals surface area contributed by atoms with Crippen molar-refractivity contribution >= 4 is 28.4 Å². The van der Waals surface area contributed by atoms with Crippen LogP contribution in [0.15, 0.2) is 29.2 Å². The van der Waals surface area contributed by atoms with Gasteiger partial charge in [0.1, 0.15) is 0 Å². The molecule has 0 bridgehead atoms. The van der Waals surface area contributed by atoms with Crippen molar-refractivity contribution in [3.63, 3.8) is 0 Å². The largest absolute Gasteiger partial charge is 0.360 e. The lowest BCUT2D eigenvalue weighted by atomic mass is 9.97. The maximum Gasteiger partial charge on any atom is 0.157 e. The Bertz CT molecular complexity index is 425. The second-order valence-corrected chi connectivity index (χ2v) is 6.20.